The van der Waals surface area contributed by atoms with E-state index in [1.165, 1.54) is 17.7 Å². The molecule has 0 aliphatic rings. The topological polar surface area (TPSA) is 57.2 Å². The van der Waals surface area contributed by atoms with Gasteiger partial charge in [-0.2, -0.15) is 0 Å². The van der Waals surface area contributed by atoms with Crippen molar-refractivity contribution < 1.29 is 9.13 Å². The SMILES string of the molecule is COc1ccc(Cn2cccc(CN)c2=O)cc1F. The summed E-state index contributed by atoms with van der Waals surface area (Å²) in [6.07, 6.45) is 1.66. The number of halogens is 1. The van der Waals surface area contributed by atoms with Crippen molar-refractivity contribution in [3.63, 3.8) is 0 Å². The first-order chi connectivity index (χ1) is 9.15. The van der Waals surface area contributed by atoms with Crippen molar-refractivity contribution in [2.24, 2.45) is 5.73 Å². The molecule has 0 bridgehead atoms. The summed E-state index contributed by atoms with van der Waals surface area (Å²) in [6.45, 7) is 0.490. The van der Waals surface area contributed by atoms with Crippen LogP contribution in [0, 0.1) is 5.82 Å². The molecule has 0 aliphatic heterocycles. The van der Waals surface area contributed by atoms with Crippen LogP contribution in [0.3, 0.4) is 0 Å². The van der Waals surface area contributed by atoms with Gasteiger partial charge in [-0.25, -0.2) is 4.39 Å². The van der Waals surface area contributed by atoms with Crippen LogP contribution in [-0.2, 0) is 13.1 Å². The number of rotatable bonds is 4. The smallest absolute Gasteiger partial charge is 0.255 e. The quantitative estimate of drug-likeness (QED) is 0.908. The minimum atomic E-state index is -0.442. The Morgan fingerprint density at radius 3 is 2.79 bits per heavy atom. The fourth-order valence-electron chi connectivity index (χ4n) is 1.87. The van der Waals surface area contributed by atoms with Crippen molar-refractivity contribution >= 4 is 0 Å². The largest absolute Gasteiger partial charge is 0.494 e. The molecular formula is C14H15FN2O2. The molecule has 0 atom stereocenters. The van der Waals surface area contributed by atoms with E-state index in [1.807, 2.05) is 0 Å². The average molecular weight is 262 g/mol. The number of methoxy groups -OCH3 is 1. The minimum Gasteiger partial charge on any atom is -0.494 e. The van der Waals surface area contributed by atoms with Crippen molar-refractivity contribution in [2.45, 2.75) is 13.1 Å². The summed E-state index contributed by atoms with van der Waals surface area (Å²) in [5.41, 5.74) is 6.56. The number of nitrogens with two attached hydrogens (primary N) is 1. The molecule has 0 fully saturated rings. The van der Waals surface area contributed by atoms with E-state index >= 15 is 0 Å². The maximum Gasteiger partial charge on any atom is 0.255 e. The fourth-order valence-corrected chi connectivity index (χ4v) is 1.87. The second-order valence-electron chi connectivity index (χ2n) is 4.14. The second-order valence-corrected chi connectivity index (χ2v) is 4.14. The predicted molar refractivity (Wildman–Crippen MR) is 70.6 cm³/mol. The molecular weight excluding hydrogens is 247 g/mol. The summed E-state index contributed by atoms with van der Waals surface area (Å²) in [5.74, 6) is -0.255. The van der Waals surface area contributed by atoms with Gasteiger partial charge < -0.3 is 15.0 Å². The first-order valence-corrected chi connectivity index (χ1v) is 5.86. The number of hydrogen-bond donors (Lipinski definition) is 1. The summed E-state index contributed by atoms with van der Waals surface area (Å²) in [6, 6.07) is 8.07. The highest BCUT2D eigenvalue weighted by atomic mass is 19.1. The summed E-state index contributed by atoms with van der Waals surface area (Å²) < 4.78 is 19.9. The number of pyridine rings is 1. The van der Waals surface area contributed by atoms with Gasteiger partial charge in [0.2, 0.25) is 0 Å². The lowest BCUT2D eigenvalue weighted by Crippen LogP contribution is -2.25. The third-order valence-electron chi connectivity index (χ3n) is 2.89. The molecule has 4 nitrogen and oxygen atoms in total. The Labute approximate surface area is 110 Å². The Bertz CT molecular complexity index is 638. The number of aromatic nitrogens is 1. The van der Waals surface area contributed by atoms with Crippen LogP contribution >= 0.6 is 0 Å². The molecule has 2 rings (SSSR count). The van der Waals surface area contributed by atoms with Crippen molar-refractivity contribution in [1.82, 2.24) is 4.57 Å². The van der Waals surface area contributed by atoms with Crippen LogP contribution in [0.2, 0.25) is 0 Å². The molecule has 0 amide bonds. The molecule has 0 spiro atoms. The van der Waals surface area contributed by atoms with Crippen LogP contribution in [0.1, 0.15) is 11.1 Å². The van der Waals surface area contributed by atoms with E-state index in [4.69, 9.17) is 10.5 Å². The van der Waals surface area contributed by atoms with Gasteiger partial charge in [0.05, 0.1) is 13.7 Å². The number of ether oxygens (including phenoxy) is 1. The molecule has 1 aromatic carbocycles. The zero-order valence-corrected chi connectivity index (χ0v) is 10.6. The van der Waals surface area contributed by atoms with Gasteiger partial charge >= 0.3 is 0 Å². The first kappa shape index (κ1) is 13.3. The van der Waals surface area contributed by atoms with Gasteiger partial charge in [0.1, 0.15) is 0 Å². The first-order valence-electron chi connectivity index (χ1n) is 5.86. The molecule has 0 aliphatic carbocycles. The Hall–Kier alpha value is -2.14. The van der Waals surface area contributed by atoms with Gasteiger partial charge in [-0.1, -0.05) is 12.1 Å². The second kappa shape index (κ2) is 5.67. The van der Waals surface area contributed by atoms with E-state index in [0.717, 1.165) is 0 Å². The zero-order chi connectivity index (χ0) is 13.8. The van der Waals surface area contributed by atoms with E-state index in [0.29, 0.717) is 17.7 Å². The Kier molecular flexibility index (Phi) is 3.97. The van der Waals surface area contributed by atoms with Crippen LogP contribution in [0.25, 0.3) is 0 Å². The molecule has 0 unspecified atom stereocenters. The maximum absolute atomic E-state index is 13.6. The van der Waals surface area contributed by atoms with E-state index in [2.05, 4.69) is 0 Å². The molecule has 0 saturated heterocycles. The van der Waals surface area contributed by atoms with E-state index in [-0.39, 0.29) is 17.9 Å². The normalized spacial score (nSPS) is 10.5. The zero-order valence-electron chi connectivity index (χ0n) is 10.6. The standard InChI is InChI=1S/C14H15FN2O2/c1-19-13-5-4-10(7-12(13)15)9-17-6-2-3-11(8-16)14(17)18/h2-7H,8-9,16H2,1H3. The Balaban J connectivity index is 2.31. The minimum absolute atomic E-state index is 0.152. The monoisotopic (exact) mass is 262 g/mol. The maximum atomic E-state index is 13.6. The highest BCUT2D eigenvalue weighted by Gasteiger charge is 2.06. The molecule has 0 radical (unpaired) electrons. The lowest BCUT2D eigenvalue weighted by molar-refractivity contribution is 0.386. The van der Waals surface area contributed by atoms with Gasteiger partial charge in [0, 0.05) is 18.3 Å². The van der Waals surface area contributed by atoms with Crippen molar-refractivity contribution in [1.29, 1.82) is 0 Å². The van der Waals surface area contributed by atoms with Gasteiger partial charge in [0.25, 0.3) is 5.56 Å². The fraction of sp³-hybridized carbons (Fsp3) is 0.214. The van der Waals surface area contributed by atoms with Crippen molar-refractivity contribution in [3.8, 4) is 5.75 Å². The Morgan fingerprint density at radius 1 is 1.37 bits per heavy atom. The summed E-state index contributed by atoms with van der Waals surface area (Å²) >= 11 is 0. The van der Waals surface area contributed by atoms with Crippen molar-refractivity contribution in [3.05, 3.63) is 63.8 Å². The molecule has 1 heterocycles. The Morgan fingerprint density at radius 2 is 2.16 bits per heavy atom. The third kappa shape index (κ3) is 2.82. The summed E-state index contributed by atoms with van der Waals surface area (Å²) in [5, 5.41) is 0. The van der Waals surface area contributed by atoms with Gasteiger partial charge in [0.15, 0.2) is 11.6 Å². The molecule has 5 heteroatoms. The van der Waals surface area contributed by atoms with E-state index in [1.54, 1.807) is 30.5 Å². The molecule has 2 N–H and O–H groups in total. The highest BCUT2D eigenvalue weighted by Crippen LogP contribution is 2.17. The number of nitrogens with zero attached hydrogens (tertiary/aromatic N) is 1. The predicted octanol–water partition coefficient (Wildman–Crippen LogP) is 1.50. The van der Waals surface area contributed by atoms with Crippen LogP contribution in [0.5, 0.6) is 5.75 Å². The number of benzene rings is 1. The van der Waals surface area contributed by atoms with Gasteiger partial charge in [-0.15, -0.1) is 0 Å². The van der Waals surface area contributed by atoms with Gasteiger partial charge in [-0.05, 0) is 23.8 Å². The molecule has 2 aromatic rings. The lowest BCUT2D eigenvalue weighted by atomic mass is 10.2. The molecule has 1 aromatic heterocycles. The van der Waals surface area contributed by atoms with Crippen molar-refractivity contribution in [2.75, 3.05) is 7.11 Å². The van der Waals surface area contributed by atoms with E-state index in [9.17, 15) is 9.18 Å². The van der Waals surface area contributed by atoms with Crippen LogP contribution in [0.4, 0.5) is 4.39 Å². The highest BCUT2D eigenvalue weighted by molar-refractivity contribution is 5.29. The van der Waals surface area contributed by atoms with Crippen LogP contribution < -0.4 is 16.0 Å². The average Bonchev–Trinajstić information content (AvgIpc) is 2.41. The third-order valence-corrected chi connectivity index (χ3v) is 2.89. The molecule has 0 saturated carbocycles. The summed E-state index contributed by atoms with van der Waals surface area (Å²) in [7, 11) is 1.41. The lowest BCUT2D eigenvalue weighted by Gasteiger charge is -2.09. The summed E-state index contributed by atoms with van der Waals surface area (Å²) in [4.78, 5) is 12.0. The van der Waals surface area contributed by atoms with Crippen LogP contribution in [-0.4, -0.2) is 11.7 Å². The van der Waals surface area contributed by atoms with E-state index < -0.39 is 5.82 Å². The number of hydrogen-bond acceptors (Lipinski definition) is 3. The molecule has 100 valence electrons. The molecule has 19 heavy (non-hydrogen) atoms. The van der Waals surface area contributed by atoms with Gasteiger partial charge in [-0.3, -0.25) is 4.79 Å². The van der Waals surface area contributed by atoms with Crippen LogP contribution in [0.15, 0.2) is 41.3 Å².